The second kappa shape index (κ2) is 53.5. The fourth-order valence-corrected chi connectivity index (χ4v) is 17.3. The molecule has 10 aromatic rings. The van der Waals surface area contributed by atoms with E-state index in [2.05, 4.69) is 9.80 Å². The summed E-state index contributed by atoms with van der Waals surface area (Å²) in [6.45, 7) is -10.5. The number of aliphatic hydroxyl groups excluding tert-OH is 3. The first-order valence-corrected chi connectivity index (χ1v) is 44.9. The fraction of sp³-hybridized carbons (Fsp3) is 0.409. The van der Waals surface area contributed by atoms with E-state index in [1.807, 2.05) is 150 Å². The number of carbonyl (C=O) groups excluding carboxylic acids is 5. The number of carbonyl (C=O) groups is 5. The van der Waals surface area contributed by atoms with Crippen molar-refractivity contribution < 1.29 is 81.0 Å². The third-order valence-corrected chi connectivity index (χ3v) is 24.0. The zero-order valence-electron chi connectivity index (χ0n) is 96.8. The lowest BCUT2D eigenvalue weighted by Gasteiger charge is -2.39. The van der Waals surface area contributed by atoms with Gasteiger partial charge in [-0.25, -0.2) is 0 Å². The van der Waals surface area contributed by atoms with Gasteiger partial charge in [0.25, 0.3) is 0 Å². The van der Waals surface area contributed by atoms with Crippen LogP contribution in [0.2, 0.25) is 0 Å². The highest BCUT2D eigenvalue weighted by molar-refractivity contribution is 5.96. The monoisotopic (exact) mass is 1780 g/mol. The quantitative estimate of drug-likeness (QED) is 0.0283. The van der Waals surface area contributed by atoms with Crippen molar-refractivity contribution in [1.82, 2.24) is 24.5 Å². The number of benzene rings is 10. The second-order valence-electron chi connectivity index (χ2n) is 32.7. The van der Waals surface area contributed by atoms with E-state index in [0.717, 1.165) is 42.7 Å². The highest BCUT2D eigenvalue weighted by atomic mass is 16.3. The normalized spacial score (nSPS) is 20.9. The van der Waals surface area contributed by atoms with Gasteiger partial charge in [0.15, 0.2) is 0 Å². The van der Waals surface area contributed by atoms with Crippen LogP contribution in [0.3, 0.4) is 0 Å². The van der Waals surface area contributed by atoms with Gasteiger partial charge < -0.3 is 74.5 Å². The molecule has 0 saturated carbocycles. The predicted octanol–water partition coefficient (Wildman–Crippen LogP) is 18.1. The SMILES string of the molecule is [2H]C([2H])([2H])C([2H])([2H])C(=O)N(c1ccccc1)C1CCN(CC(O)c2ccccc2)CC1.[2H]C([2H])([2H])CC(=O)N(c1ccccc1)C1CCN(C([2H])([2H])C(O)c2ccccc2)CC1.[2H]C([2H])([2H])CC(=O)N(c1ccccc1)C1CCN(C([2H])([2H])C([2H])(O)c2ccccc2)CC1.[2H]C([2H])([2H])CC(=O)N(c1ccccc1)C1CCN(CC(O)c2ccccc2)CC1.[2H]C([2H])([2H])CC(=O)N(c1ccccc1)C1CCN(CC([2H])(O)c2ccccc2)CC1. The molecule has 5 aliphatic rings. The molecule has 0 spiro atoms. The van der Waals surface area contributed by atoms with Crippen molar-refractivity contribution in [2.45, 2.75) is 191 Å². The third kappa shape index (κ3) is 30.1. The van der Waals surface area contributed by atoms with Crippen LogP contribution < -0.4 is 24.5 Å². The van der Waals surface area contributed by atoms with Crippen LogP contribution in [0.15, 0.2) is 303 Å². The molecule has 5 aliphatic heterocycles. The van der Waals surface area contributed by atoms with Gasteiger partial charge in [-0.1, -0.05) is 277 Å². The Kier molecular flexibility index (Phi) is 29.5. The molecule has 5 atom stereocenters. The number of rotatable bonds is 30. The highest BCUT2D eigenvalue weighted by Crippen LogP contribution is 2.33. The molecule has 20 nitrogen and oxygen atoms in total. The van der Waals surface area contributed by atoms with Crippen LogP contribution >= 0.6 is 0 Å². The van der Waals surface area contributed by atoms with E-state index >= 15 is 0 Å². The number of amides is 5. The minimum Gasteiger partial charge on any atom is -0.387 e. The van der Waals surface area contributed by atoms with E-state index in [9.17, 15) is 49.5 Å². The molecule has 0 aromatic heterocycles. The van der Waals surface area contributed by atoms with E-state index in [0.29, 0.717) is 138 Å². The standard InChI is InChI=1S/5C22H28N2O2/c5*1-2-22(26)24(19-11-7-4-8-12-19)20-13-15-23(16-14-20)17-21(25)18-9-5-3-6-10-18/h5*3-12,20-21,25H,2,13-17H2,1H3/i1D3,17D2,21D;1D3,21D;1D3,17D2;1D3,2D2;1D3. The van der Waals surface area contributed by atoms with Crippen molar-refractivity contribution in [1.29, 1.82) is 0 Å². The van der Waals surface area contributed by atoms with Crippen LogP contribution in [0.25, 0.3) is 0 Å². The zero-order chi connectivity index (χ0) is 111. The largest absolute Gasteiger partial charge is 0.387 e. The topological polar surface area (TPSA) is 219 Å². The molecule has 5 saturated heterocycles. The summed E-state index contributed by atoms with van der Waals surface area (Å²) >= 11 is 0. The smallest absolute Gasteiger partial charge is 0.226 e. The summed E-state index contributed by atoms with van der Waals surface area (Å²) in [6, 6.07) is 88.7. The van der Waals surface area contributed by atoms with Gasteiger partial charge in [-0.3, -0.25) is 24.0 Å². The molecule has 130 heavy (non-hydrogen) atoms. The van der Waals surface area contributed by atoms with E-state index in [-0.39, 0.29) is 61.3 Å². The Morgan fingerprint density at radius 3 is 0.731 bits per heavy atom. The number of hydrogen-bond acceptors (Lipinski definition) is 15. The van der Waals surface area contributed by atoms with Crippen LogP contribution in [0, 0.1) is 0 Å². The van der Waals surface area contributed by atoms with E-state index in [1.165, 1.54) is 26.8 Å². The van der Waals surface area contributed by atoms with E-state index < -0.39 is 133 Å². The summed E-state index contributed by atoms with van der Waals surface area (Å²) in [4.78, 5) is 81.5. The summed E-state index contributed by atoms with van der Waals surface area (Å²) in [5, 5.41) is 53.0. The van der Waals surface area contributed by atoms with Crippen LogP contribution in [-0.4, -0.2) is 208 Å². The molecule has 10 aromatic carbocycles. The maximum atomic E-state index is 13.1. The number of hydrogen-bond donors (Lipinski definition) is 5. The lowest BCUT2D eigenvalue weighted by Crippen LogP contribution is -2.48. The van der Waals surface area contributed by atoms with Crippen molar-refractivity contribution in [3.8, 4) is 0 Å². The number of para-hydroxylation sites is 5. The van der Waals surface area contributed by atoms with Crippen LogP contribution in [-0.2, 0) is 24.0 Å². The Balaban J connectivity index is 0.000000181. The molecule has 690 valence electrons. The van der Waals surface area contributed by atoms with Gasteiger partial charge in [0.05, 0.1) is 33.2 Å². The molecule has 15 rings (SSSR count). The Morgan fingerprint density at radius 1 is 0.269 bits per heavy atom. The zero-order valence-corrected chi connectivity index (χ0v) is 73.8. The van der Waals surface area contributed by atoms with Crippen molar-refractivity contribution in [3.05, 3.63) is 331 Å². The van der Waals surface area contributed by atoms with Crippen LogP contribution in [0.4, 0.5) is 28.4 Å². The Bertz CT molecular complexity index is 5860. The first-order chi connectivity index (χ1) is 72.1. The molecule has 5 unspecified atom stereocenters. The Hall–Kier alpha value is -10.9. The van der Waals surface area contributed by atoms with Gasteiger partial charge >= 0.3 is 0 Å². The molecule has 5 fully saturated rings. The minimum absolute atomic E-state index is 0.0441. The number of piperidine rings is 5. The number of aliphatic hydroxyl groups is 5. The molecule has 0 radical (unpaired) electrons. The van der Waals surface area contributed by atoms with Gasteiger partial charge in [0.2, 0.25) is 29.5 Å². The van der Waals surface area contributed by atoms with Crippen LogP contribution in [0.5, 0.6) is 0 Å². The summed E-state index contributed by atoms with van der Waals surface area (Å²) in [5.74, 6) is -2.77. The van der Waals surface area contributed by atoms with E-state index in [1.54, 1.807) is 165 Å². The van der Waals surface area contributed by atoms with Crippen LogP contribution in [0.1, 0.15) is 220 Å². The van der Waals surface area contributed by atoms with Gasteiger partial charge in [-0.2, -0.15) is 0 Å². The van der Waals surface area contributed by atoms with Crippen molar-refractivity contribution in [2.75, 3.05) is 123 Å². The van der Waals surface area contributed by atoms with E-state index in [4.69, 9.17) is 31.5 Å². The first kappa shape index (κ1) is 71.8. The predicted molar refractivity (Wildman–Crippen MR) is 525 cm³/mol. The molecule has 0 bridgehead atoms. The van der Waals surface area contributed by atoms with Gasteiger partial charge in [0.1, 0.15) is 0 Å². The lowest BCUT2D eigenvalue weighted by molar-refractivity contribution is -0.119. The van der Waals surface area contributed by atoms with Crippen molar-refractivity contribution in [3.63, 3.8) is 0 Å². The third-order valence-electron chi connectivity index (χ3n) is 24.0. The summed E-state index contributed by atoms with van der Waals surface area (Å²) in [6.07, 6.45) is -6.12. The second-order valence-corrected chi connectivity index (χ2v) is 32.7. The molecule has 0 aliphatic carbocycles. The maximum Gasteiger partial charge on any atom is 0.226 e. The molecule has 20 heteroatoms. The number of likely N-dealkylation sites (tertiary alicyclic amines) is 5. The molecular weight excluding hydrogens is 1620 g/mol. The lowest BCUT2D eigenvalue weighted by atomic mass is 10.0. The van der Waals surface area contributed by atoms with Gasteiger partial charge in [-0.05, 0) is 153 Å². The van der Waals surface area contributed by atoms with Crippen molar-refractivity contribution in [2.24, 2.45) is 0 Å². The molecule has 5 amide bonds. The minimum atomic E-state index is -3.06. The van der Waals surface area contributed by atoms with Crippen molar-refractivity contribution >= 4 is 58.0 Å². The number of β-amino-alcohol motifs (C(OH)–C–C–N with tert-alkyl or cyclic N) is 5. The Labute approximate surface area is 805 Å². The summed E-state index contributed by atoms with van der Waals surface area (Å²) in [5.41, 5.74) is 6.13. The average Bonchev–Trinajstić information content (AvgIpc) is 0.765. The summed E-state index contributed by atoms with van der Waals surface area (Å²) < 4.78 is 179. The highest BCUT2D eigenvalue weighted by Gasteiger charge is 2.36. The average molecular weight is 1790 g/mol. The molecule has 5 N–H and O–H groups in total. The van der Waals surface area contributed by atoms with Gasteiger partial charge in [0, 0.05) is 218 Å². The Morgan fingerprint density at radius 2 is 0.477 bits per heavy atom. The van der Waals surface area contributed by atoms with Gasteiger partial charge in [-0.15, -0.1) is 0 Å². The first-order valence-electron chi connectivity index (χ1n) is 56.4. The summed E-state index contributed by atoms with van der Waals surface area (Å²) in [7, 11) is 0. The molecule has 5 heterocycles. The number of anilines is 5. The maximum absolute atomic E-state index is 13.1. The fourth-order valence-electron chi connectivity index (χ4n) is 17.3. The molecular formula is C110H140N10O10. The number of nitrogens with zero attached hydrogens (tertiary/aromatic N) is 10.